The van der Waals surface area contributed by atoms with E-state index < -0.39 is 30.7 Å². The van der Waals surface area contributed by atoms with Gasteiger partial charge in [-0.3, -0.25) is 19.2 Å². The maximum atomic E-state index is 14.5. The van der Waals surface area contributed by atoms with Crippen LogP contribution in [0.15, 0.2) is 104 Å². The van der Waals surface area contributed by atoms with Crippen molar-refractivity contribution in [1.82, 2.24) is 10.2 Å². The third-order valence-electron chi connectivity index (χ3n) is 14.5. The van der Waals surface area contributed by atoms with Gasteiger partial charge in [0.15, 0.2) is 24.0 Å². The number of anilines is 3. The molecule has 9 rings (SSSR count). The number of halogens is 1. The van der Waals surface area contributed by atoms with Crippen molar-refractivity contribution in [1.29, 1.82) is 0 Å². The Morgan fingerprint density at radius 1 is 0.831 bits per heavy atom. The Kier molecular flexibility index (Phi) is 17.7. The lowest BCUT2D eigenvalue weighted by molar-refractivity contribution is -0.198. The smallest absolute Gasteiger partial charge is 0.416 e. The van der Waals surface area contributed by atoms with Crippen LogP contribution in [-0.4, -0.2) is 98.5 Å². The molecular weight excluding hydrogens is 1000 g/mol. The van der Waals surface area contributed by atoms with Crippen molar-refractivity contribution in [3.63, 3.8) is 0 Å². The van der Waals surface area contributed by atoms with Crippen LogP contribution < -0.4 is 34.6 Å². The van der Waals surface area contributed by atoms with E-state index in [0.717, 1.165) is 64.4 Å². The van der Waals surface area contributed by atoms with Crippen LogP contribution in [0, 0.1) is 5.92 Å². The molecule has 17 heteroatoms. The number of carbonyl (C=O) groups is 5. The van der Waals surface area contributed by atoms with Crippen LogP contribution >= 0.6 is 11.6 Å². The van der Waals surface area contributed by atoms with Crippen LogP contribution in [0.25, 0.3) is 10.8 Å². The van der Waals surface area contributed by atoms with E-state index in [4.69, 9.17) is 40.0 Å². The average Bonchev–Trinajstić information content (AvgIpc) is 3.83. The highest BCUT2D eigenvalue weighted by molar-refractivity contribution is 6.19. The fraction of sp³-hybridized carbons (Fsp3) is 0.417. The quantitative estimate of drug-likeness (QED) is 0.0595. The minimum absolute atomic E-state index is 0.0487. The minimum atomic E-state index is -0.907. The van der Waals surface area contributed by atoms with Crippen molar-refractivity contribution in [3.05, 3.63) is 131 Å². The number of amides is 5. The summed E-state index contributed by atoms with van der Waals surface area (Å²) in [5, 5.41) is 7.48. The first-order valence-electron chi connectivity index (χ1n) is 26.7. The largest absolute Gasteiger partial charge is 0.493 e. The molecule has 2 saturated heterocycles. The molecule has 0 aromatic heterocycles. The molecule has 0 radical (unpaired) electrons. The predicted octanol–water partition coefficient (Wildman–Crippen LogP) is 10.4. The van der Waals surface area contributed by atoms with Crippen molar-refractivity contribution in [2.75, 3.05) is 54.4 Å². The zero-order valence-electron chi connectivity index (χ0n) is 44.2. The number of rotatable bonds is 19. The van der Waals surface area contributed by atoms with Gasteiger partial charge in [-0.15, -0.1) is 11.6 Å². The van der Waals surface area contributed by atoms with Gasteiger partial charge < -0.3 is 48.9 Å². The third-order valence-corrected chi connectivity index (χ3v) is 14.8. The van der Waals surface area contributed by atoms with Gasteiger partial charge in [-0.25, -0.2) is 9.69 Å². The second-order valence-electron chi connectivity index (χ2n) is 20.5. The molecule has 5 atom stereocenters. The first kappa shape index (κ1) is 54.6. The Balaban J connectivity index is 0.916. The number of methoxy groups -OCH3 is 1. The van der Waals surface area contributed by atoms with E-state index in [2.05, 4.69) is 17.2 Å². The van der Waals surface area contributed by atoms with Gasteiger partial charge in [0.2, 0.25) is 17.7 Å². The molecule has 2 N–H and O–H groups in total. The van der Waals surface area contributed by atoms with Crippen LogP contribution in [-0.2, 0) is 48.2 Å². The highest BCUT2D eigenvalue weighted by Crippen LogP contribution is 2.47. The summed E-state index contributed by atoms with van der Waals surface area (Å²) in [6.45, 7) is 11.0. The lowest BCUT2D eigenvalue weighted by atomic mass is 9.95. The number of alkyl halides is 1. The van der Waals surface area contributed by atoms with Crippen molar-refractivity contribution in [2.45, 2.75) is 116 Å². The Labute approximate surface area is 454 Å². The topological polar surface area (TPSA) is 175 Å². The number of nitrogens with one attached hydrogen (secondary N) is 2. The predicted molar refractivity (Wildman–Crippen MR) is 295 cm³/mol. The highest BCUT2D eigenvalue weighted by Gasteiger charge is 2.47. The Morgan fingerprint density at radius 2 is 1.57 bits per heavy atom. The second-order valence-corrected chi connectivity index (χ2v) is 20.8. The molecule has 0 saturated carbocycles. The first-order chi connectivity index (χ1) is 37.3. The van der Waals surface area contributed by atoms with Gasteiger partial charge in [-0.1, -0.05) is 87.2 Å². The van der Waals surface area contributed by atoms with E-state index in [1.54, 1.807) is 41.0 Å². The Hall–Kier alpha value is -7.14. The molecule has 77 heavy (non-hydrogen) atoms. The molecule has 5 amide bonds. The summed E-state index contributed by atoms with van der Waals surface area (Å²) < 4.78 is 37.2. The molecule has 5 aromatic carbocycles. The summed E-state index contributed by atoms with van der Waals surface area (Å²) in [5.74, 6) is 0.745. The lowest BCUT2D eigenvalue weighted by Gasteiger charge is -2.42. The van der Waals surface area contributed by atoms with Crippen LogP contribution in [0.2, 0.25) is 0 Å². The van der Waals surface area contributed by atoms with Gasteiger partial charge in [0.05, 0.1) is 36.5 Å². The Bertz CT molecular complexity index is 2980. The number of fused-ring (bicyclic) bond motifs is 5. The highest BCUT2D eigenvalue weighted by atomic mass is 35.5. The van der Waals surface area contributed by atoms with Gasteiger partial charge in [0.1, 0.15) is 31.6 Å². The van der Waals surface area contributed by atoms with Gasteiger partial charge in [0.25, 0.3) is 5.91 Å². The van der Waals surface area contributed by atoms with Crippen molar-refractivity contribution in [3.8, 4) is 17.2 Å². The number of hydrogen-bond donors (Lipinski definition) is 2. The molecule has 406 valence electrons. The number of piperidine rings is 1. The summed E-state index contributed by atoms with van der Waals surface area (Å²) in [7, 11) is 1.50. The molecule has 0 spiro atoms. The minimum Gasteiger partial charge on any atom is -0.493 e. The van der Waals surface area contributed by atoms with Gasteiger partial charge >= 0.3 is 6.09 Å². The molecule has 4 heterocycles. The summed E-state index contributed by atoms with van der Waals surface area (Å²) >= 11 is 6.65. The van der Waals surface area contributed by atoms with E-state index >= 15 is 0 Å². The molecular formula is C60H68ClN5O11. The zero-order chi connectivity index (χ0) is 54.2. The molecule has 0 bridgehead atoms. The summed E-state index contributed by atoms with van der Waals surface area (Å²) in [6.07, 6.45) is 4.52. The van der Waals surface area contributed by atoms with Crippen LogP contribution in [0.3, 0.4) is 0 Å². The number of nitrogens with zero attached hydrogens (tertiary/aromatic N) is 3. The normalized spacial score (nSPS) is 19.4. The van der Waals surface area contributed by atoms with Gasteiger partial charge in [0, 0.05) is 61.1 Å². The first-order valence-corrected chi connectivity index (χ1v) is 27.2. The molecule has 4 aliphatic rings. The van der Waals surface area contributed by atoms with Gasteiger partial charge in [-0.05, 0) is 97.2 Å². The van der Waals surface area contributed by atoms with Crippen LogP contribution in [0.4, 0.5) is 21.9 Å². The molecule has 5 aromatic rings. The summed E-state index contributed by atoms with van der Waals surface area (Å²) in [4.78, 5) is 73.3. The molecule has 4 aliphatic heterocycles. The SMILES string of the molecule is C=CCOC(=O)N1c2cc(OCc3cccc(CC(=O)N4C[C@@H](CCl)c5c4cc(OCc4ccc(NC(=O)[C@H](C)NC(=O)CC(C)C)cc4)c4ccccc54)c3)c(OC)cc2C(=O)N2CCCC[C@H]2C1OC1CCCCO1. The van der Waals surface area contributed by atoms with E-state index in [-0.39, 0.29) is 78.7 Å². The zero-order valence-corrected chi connectivity index (χ0v) is 45.0. The van der Waals surface area contributed by atoms with Crippen molar-refractivity contribution >= 4 is 69.2 Å². The molecule has 0 aliphatic carbocycles. The molecule has 2 unspecified atom stereocenters. The second kappa shape index (κ2) is 24.9. The average molecular weight is 1070 g/mol. The summed E-state index contributed by atoms with van der Waals surface area (Å²) in [6, 6.07) is 27.0. The fourth-order valence-corrected chi connectivity index (χ4v) is 10.9. The molecule has 16 nitrogen and oxygen atoms in total. The van der Waals surface area contributed by atoms with E-state index in [0.29, 0.717) is 62.0 Å². The van der Waals surface area contributed by atoms with Crippen molar-refractivity contribution in [2.24, 2.45) is 5.92 Å². The third kappa shape index (κ3) is 12.5. The van der Waals surface area contributed by atoms with Crippen molar-refractivity contribution < 1.29 is 52.4 Å². The monoisotopic (exact) mass is 1070 g/mol. The number of ether oxygens (including phenoxy) is 6. The number of hydrogen-bond acceptors (Lipinski definition) is 11. The van der Waals surface area contributed by atoms with E-state index in [1.807, 2.05) is 80.6 Å². The van der Waals surface area contributed by atoms with E-state index in [9.17, 15) is 24.0 Å². The van der Waals surface area contributed by atoms with Crippen LogP contribution in [0.1, 0.15) is 104 Å². The van der Waals surface area contributed by atoms with Gasteiger partial charge in [-0.2, -0.15) is 0 Å². The standard InChI is InChI=1S/C60H68ClN5O11/c1-6-25-74-60(71)66-48-31-52(51(72-5)30-46(48)58(70)64-24-11-9-18-47(64)59(66)77-55-19-10-12-26-73-55)76-36-41-15-13-14-40(28-41)29-54(68)65-34-42(33-61)56-45-17-8-7-16-44(45)50(32-49(56)65)75-35-39-20-22-43(23-21-39)63-57(69)38(4)62-53(67)27-37(2)3/h6-8,13-17,20-23,28,30-32,37-38,42,47,55,59H,1,9-12,18-19,24-27,29,33-36H2,2-5H3,(H,62,67)(H,63,69)/t38-,42+,47-,55?,59?/m0/s1. The fourth-order valence-electron chi connectivity index (χ4n) is 10.7. The Morgan fingerprint density at radius 3 is 2.31 bits per heavy atom. The molecule has 2 fully saturated rings. The maximum Gasteiger partial charge on any atom is 0.416 e. The van der Waals surface area contributed by atoms with E-state index in [1.165, 1.54) is 18.1 Å². The van der Waals surface area contributed by atoms with Crippen LogP contribution in [0.5, 0.6) is 17.2 Å². The number of carbonyl (C=O) groups excluding carboxylic acids is 5. The maximum absolute atomic E-state index is 14.5. The number of benzene rings is 5. The lowest BCUT2D eigenvalue weighted by Crippen LogP contribution is -2.57. The summed E-state index contributed by atoms with van der Waals surface area (Å²) in [5.41, 5.74) is 5.26.